The second kappa shape index (κ2) is 8.46. The van der Waals surface area contributed by atoms with E-state index in [1.165, 1.54) is 0 Å². The van der Waals surface area contributed by atoms with Gasteiger partial charge in [-0.05, 0) is 18.4 Å². The zero-order valence-corrected chi connectivity index (χ0v) is 19.0. The van der Waals surface area contributed by atoms with Crippen LogP contribution in [-0.4, -0.2) is 67.8 Å². The van der Waals surface area contributed by atoms with Crippen LogP contribution in [-0.2, 0) is 18.3 Å². The maximum Gasteiger partial charge on any atom is 0.257 e. The van der Waals surface area contributed by atoms with Crippen LogP contribution in [0.5, 0.6) is 0 Å². The largest absolute Gasteiger partial charge is 0.425 e. The van der Waals surface area contributed by atoms with Crippen LogP contribution < -0.4 is 0 Å². The number of nitrogens with zero attached hydrogens (tertiary/aromatic N) is 6. The minimum absolute atomic E-state index is 0.0382. The Morgan fingerprint density at radius 3 is 2.52 bits per heavy atom. The highest BCUT2D eigenvalue weighted by Crippen LogP contribution is 2.49. The van der Waals surface area contributed by atoms with Gasteiger partial charge in [-0.25, -0.2) is 0 Å². The van der Waals surface area contributed by atoms with Crippen molar-refractivity contribution in [1.29, 1.82) is 0 Å². The Kier molecular flexibility index (Phi) is 5.47. The second-order valence-corrected chi connectivity index (χ2v) is 9.21. The van der Waals surface area contributed by atoms with Gasteiger partial charge in [-0.2, -0.15) is 5.10 Å². The predicted octanol–water partition coefficient (Wildman–Crippen LogP) is 2.20. The molecule has 1 atom stereocenters. The summed E-state index contributed by atoms with van der Waals surface area (Å²) >= 11 is 0. The van der Waals surface area contributed by atoms with Crippen LogP contribution in [0.2, 0.25) is 0 Å². The SMILES string of the molecule is Cc1nnc(C2CN(C(=O)c3cnn(C)c3)CC23CCN(C(=O)Cc2ccccc2)CC3)o1. The van der Waals surface area contributed by atoms with E-state index in [2.05, 4.69) is 15.3 Å². The van der Waals surface area contributed by atoms with E-state index in [0.29, 0.717) is 49.9 Å². The third kappa shape index (κ3) is 4.15. The molecule has 0 radical (unpaired) electrons. The highest BCUT2D eigenvalue weighted by atomic mass is 16.4. The summed E-state index contributed by atoms with van der Waals surface area (Å²) in [6, 6.07) is 9.83. The monoisotopic (exact) mass is 448 g/mol. The van der Waals surface area contributed by atoms with Gasteiger partial charge in [0.05, 0.1) is 24.1 Å². The van der Waals surface area contributed by atoms with Crippen molar-refractivity contribution in [1.82, 2.24) is 29.8 Å². The molecule has 2 aromatic heterocycles. The lowest BCUT2D eigenvalue weighted by Gasteiger charge is -2.41. The van der Waals surface area contributed by atoms with E-state index < -0.39 is 0 Å². The lowest BCUT2D eigenvalue weighted by molar-refractivity contribution is -0.132. The molecule has 0 bridgehead atoms. The van der Waals surface area contributed by atoms with E-state index in [4.69, 9.17) is 4.42 Å². The molecule has 1 aromatic carbocycles. The Morgan fingerprint density at radius 1 is 1.12 bits per heavy atom. The minimum atomic E-state index is -0.194. The van der Waals surface area contributed by atoms with E-state index >= 15 is 0 Å². The maximum atomic E-state index is 13.2. The fourth-order valence-corrected chi connectivity index (χ4v) is 5.22. The molecule has 2 aliphatic heterocycles. The molecule has 0 aliphatic carbocycles. The summed E-state index contributed by atoms with van der Waals surface area (Å²) < 4.78 is 7.46. The first kappa shape index (κ1) is 21.4. The summed E-state index contributed by atoms with van der Waals surface area (Å²) in [5.41, 5.74) is 1.40. The molecule has 9 heteroatoms. The Labute approximate surface area is 192 Å². The predicted molar refractivity (Wildman–Crippen MR) is 119 cm³/mol. The molecule has 9 nitrogen and oxygen atoms in total. The van der Waals surface area contributed by atoms with Gasteiger partial charge < -0.3 is 14.2 Å². The number of piperidine rings is 1. The van der Waals surface area contributed by atoms with Gasteiger partial charge in [-0.15, -0.1) is 10.2 Å². The number of hydrogen-bond donors (Lipinski definition) is 0. The molecule has 2 aliphatic rings. The van der Waals surface area contributed by atoms with Gasteiger partial charge in [-0.1, -0.05) is 30.3 Å². The Morgan fingerprint density at radius 2 is 1.88 bits per heavy atom. The number of rotatable bonds is 4. The van der Waals surface area contributed by atoms with Crippen molar-refractivity contribution in [3.8, 4) is 0 Å². The first-order valence-electron chi connectivity index (χ1n) is 11.3. The van der Waals surface area contributed by atoms with Crippen LogP contribution in [0.4, 0.5) is 0 Å². The van der Waals surface area contributed by atoms with Crippen molar-refractivity contribution in [3.63, 3.8) is 0 Å². The summed E-state index contributed by atoms with van der Waals surface area (Å²) in [6.07, 6.45) is 5.33. The van der Waals surface area contributed by atoms with Crippen molar-refractivity contribution in [2.45, 2.75) is 32.1 Å². The fourth-order valence-electron chi connectivity index (χ4n) is 5.22. The quantitative estimate of drug-likeness (QED) is 0.607. The number of aryl methyl sites for hydroxylation is 2. The number of benzene rings is 1. The standard InChI is InChI=1S/C24H28N6O3/c1-17-26-27-22(33-17)20-15-30(23(32)19-13-25-28(2)14-19)16-24(20)8-10-29(11-9-24)21(31)12-18-6-4-3-5-7-18/h3-7,13-14,20H,8-12,15-16H2,1-2H3. The molecule has 3 aromatic rings. The average molecular weight is 449 g/mol. The number of amides is 2. The highest BCUT2D eigenvalue weighted by molar-refractivity contribution is 5.94. The van der Waals surface area contributed by atoms with Crippen molar-refractivity contribution < 1.29 is 14.0 Å². The normalized spacial score (nSPS) is 19.9. The molecule has 1 unspecified atom stereocenters. The first-order chi connectivity index (χ1) is 15.9. The Balaban J connectivity index is 1.33. The van der Waals surface area contributed by atoms with Crippen molar-refractivity contribution in [2.24, 2.45) is 12.5 Å². The second-order valence-electron chi connectivity index (χ2n) is 9.21. The summed E-state index contributed by atoms with van der Waals surface area (Å²) in [5.74, 6) is 1.16. The number of carbonyl (C=O) groups excluding carboxylic acids is 2. The molecule has 2 fully saturated rings. The molecule has 33 heavy (non-hydrogen) atoms. The van der Waals surface area contributed by atoms with E-state index in [9.17, 15) is 9.59 Å². The topological polar surface area (TPSA) is 97.4 Å². The average Bonchev–Trinajstić information content (AvgIpc) is 3.53. The molecule has 0 N–H and O–H groups in total. The third-order valence-electron chi connectivity index (χ3n) is 7.04. The Hall–Kier alpha value is -3.49. The number of hydrogen-bond acceptors (Lipinski definition) is 6. The summed E-state index contributed by atoms with van der Waals surface area (Å²) in [6.45, 7) is 4.22. The first-order valence-corrected chi connectivity index (χ1v) is 11.3. The fraction of sp³-hybridized carbons (Fsp3) is 0.458. The minimum Gasteiger partial charge on any atom is -0.425 e. The van der Waals surface area contributed by atoms with Gasteiger partial charge in [0.25, 0.3) is 5.91 Å². The van der Waals surface area contributed by atoms with Crippen LogP contribution >= 0.6 is 0 Å². The molecule has 172 valence electrons. The van der Waals surface area contributed by atoms with Gasteiger partial charge in [0.15, 0.2) is 0 Å². The van der Waals surface area contributed by atoms with Gasteiger partial charge in [0.2, 0.25) is 17.7 Å². The summed E-state index contributed by atoms with van der Waals surface area (Å²) in [4.78, 5) is 29.9. The van der Waals surface area contributed by atoms with E-state index in [0.717, 1.165) is 18.4 Å². The van der Waals surface area contributed by atoms with Crippen LogP contribution in [0, 0.1) is 12.3 Å². The van der Waals surface area contributed by atoms with Gasteiger partial charge in [0, 0.05) is 51.8 Å². The van der Waals surface area contributed by atoms with Crippen molar-refractivity contribution in [3.05, 3.63) is 65.6 Å². The highest BCUT2D eigenvalue weighted by Gasteiger charge is 2.52. The van der Waals surface area contributed by atoms with Crippen molar-refractivity contribution >= 4 is 11.8 Å². The van der Waals surface area contributed by atoms with E-state index in [1.54, 1.807) is 31.0 Å². The number of carbonyl (C=O) groups is 2. The molecule has 1 spiro atoms. The third-order valence-corrected chi connectivity index (χ3v) is 7.04. The van der Waals surface area contributed by atoms with Crippen LogP contribution in [0.25, 0.3) is 0 Å². The van der Waals surface area contributed by atoms with Gasteiger partial charge in [-0.3, -0.25) is 14.3 Å². The lowest BCUT2D eigenvalue weighted by Crippen LogP contribution is -2.46. The van der Waals surface area contributed by atoms with E-state index in [-0.39, 0.29) is 23.1 Å². The summed E-state index contributed by atoms with van der Waals surface area (Å²) in [7, 11) is 1.80. The van der Waals surface area contributed by atoms with E-state index in [1.807, 2.05) is 40.1 Å². The number of likely N-dealkylation sites (tertiary alicyclic amines) is 2. The molecule has 2 saturated heterocycles. The summed E-state index contributed by atoms with van der Waals surface area (Å²) in [5, 5.41) is 12.5. The van der Waals surface area contributed by atoms with Crippen LogP contribution in [0.15, 0.2) is 47.1 Å². The zero-order valence-electron chi connectivity index (χ0n) is 19.0. The number of aromatic nitrogens is 4. The lowest BCUT2D eigenvalue weighted by atomic mass is 9.70. The molecular formula is C24H28N6O3. The van der Waals surface area contributed by atoms with Crippen molar-refractivity contribution in [2.75, 3.05) is 26.2 Å². The van der Waals surface area contributed by atoms with Gasteiger partial charge >= 0.3 is 0 Å². The molecule has 5 rings (SSSR count). The Bertz CT molecular complexity index is 1150. The van der Waals surface area contributed by atoms with Crippen LogP contribution in [0.3, 0.4) is 0 Å². The van der Waals surface area contributed by atoms with Crippen LogP contribution in [0.1, 0.15) is 46.5 Å². The molecule has 2 amide bonds. The maximum absolute atomic E-state index is 13.2. The molecule has 0 saturated carbocycles. The molecular weight excluding hydrogens is 420 g/mol. The zero-order chi connectivity index (χ0) is 23.0. The van der Waals surface area contributed by atoms with Gasteiger partial charge in [0.1, 0.15) is 0 Å². The molecule has 4 heterocycles. The smallest absolute Gasteiger partial charge is 0.257 e.